The molecule has 9 heteroatoms. The number of benzene rings is 2. The molecule has 2 aromatic carbocycles. The smallest absolute Gasteiger partial charge is 0.244 e. The van der Waals surface area contributed by atoms with Gasteiger partial charge < -0.3 is 10.2 Å². The Kier molecular flexibility index (Phi) is 9.75. The Balaban J connectivity index is 2.39. The molecule has 0 saturated heterocycles. The zero-order chi connectivity index (χ0) is 26.4. The maximum Gasteiger partial charge on any atom is 0.244 e. The number of sulfonamides is 1. The SMILES string of the molecule is CCCNC(=O)[C@H](C)N(Cc1ccccc1Cl)C(=O)CN(c1ccc(C(C)(C)C)cc1)S(C)(=O)=O. The van der Waals surface area contributed by atoms with Crippen molar-refractivity contribution in [3.8, 4) is 0 Å². The quantitative estimate of drug-likeness (QED) is 0.503. The molecule has 2 rings (SSSR count). The Morgan fingerprint density at radius 2 is 1.66 bits per heavy atom. The van der Waals surface area contributed by atoms with Gasteiger partial charge in [0.15, 0.2) is 0 Å². The van der Waals surface area contributed by atoms with Crippen LogP contribution in [0.3, 0.4) is 0 Å². The van der Waals surface area contributed by atoms with Gasteiger partial charge in [0.1, 0.15) is 12.6 Å². The summed E-state index contributed by atoms with van der Waals surface area (Å²) in [5.41, 5.74) is 1.99. The largest absolute Gasteiger partial charge is 0.354 e. The first-order valence-corrected chi connectivity index (χ1v) is 13.9. The molecule has 0 saturated carbocycles. The highest BCUT2D eigenvalue weighted by Crippen LogP contribution is 2.26. The minimum absolute atomic E-state index is 0.0692. The van der Waals surface area contributed by atoms with E-state index in [1.165, 1.54) is 4.90 Å². The summed E-state index contributed by atoms with van der Waals surface area (Å²) in [6.45, 7) is 9.87. The van der Waals surface area contributed by atoms with Crippen LogP contribution in [-0.2, 0) is 31.6 Å². The number of rotatable bonds is 10. The van der Waals surface area contributed by atoms with Gasteiger partial charge in [-0.05, 0) is 48.1 Å². The van der Waals surface area contributed by atoms with Crippen LogP contribution in [0.4, 0.5) is 5.69 Å². The van der Waals surface area contributed by atoms with Gasteiger partial charge in [-0.1, -0.05) is 69.6 Å². The molecule has 1 N–H and O–H groups in total. The first kappa shape index (κ1) is 28.7. The van der Waals surface area contributed by atoms with Crippen LogP contribution in [-0.4, -0.2) is 50.5 Å². The summed E-state index contributed by atoms with van der Waals surface area (Å²) in [5, 5.41) is 3.27. The van der Waals surface area contributed by atoms with E-state index < -0.39 is 28.5 Å². The van der Waals surface area contributed by atoms with E-state index in [1.807, 2.05) is 19.1 Å². The van der Waals surface area contributed by atoms with Crippen LogP contribution < -0.4 is 9.62 Å². The monoisotopic (exact) mass is 521 g/mol. The van der Waals surface area contributed by atoms with Crippen LogP contribution in [0, 0.1) is 0 Å². The number of nitrogens with one attached hydrogen (secondary N) is 1. The van der Waals surface area contributed by atoms with E-state index in [1.54, 1.807) is 43.3 Å². The minimum Gasteiger partial charge on any atom is -0.354 e. The van der Waals surface area contributed by atoms with Gasteiger partial charge in [-0.3, -0.25) is 13.9 Å². The third kappa shape index (κ3) is 7.97. The molecule has 2 amide bonds. The van der Waals surface area contributed by atoms with Gasteiger partial charge in [0.2, 0.25) is 21.8 Å². The molecule has 0 aromatic heterocycles. The van der Waals surface area contributed by atoms with Crippen molar-refractivity contribution in [2.75, 3.05) is 23.7 Å². The van der Waals surface area contributed by atoms with Gasteiger partial charge >= 0.3 is 0 Å². The Labute approximate surface area is 214 Å². The topological polar surface area (TPSA) is 86.8 Å². The highest BCUT2D eigenvalue weighted by atomic mass is 35.5. The molecule has 0 unspecified atom stereocenters. The Morgan fingerprint density at radius 1 is 1.06 bits per heavy atom. The van der Waals surface area contributed by atoms with Crippen LogP contribution in [0.5, 0.6) is 0 Å². The van der Waals surface area contributed by atoms with E-state index in [0.717, 1.165) is 22.5 Å². The predicted molar refractivity (Wildman–Crippen MR) is 142 cm³/mol. The lowest BCUT2D eigenvalue weighted by molar-refractivity contribution is -0.139. The Morgan fingerprint density at radius 3 is 2.17 bits per heavy atom. The summed E-state index contributed by atoms with van der Waals surface area (Å²) in [4.78, 5) is 27.6. The van der Waals surface area contributed by atoms with Gasteiger partial charge in [0.05, 0.1) is 11.9 Å². The van der Waals surface area contributed by atoms with Crippen molar-refractivity contribution < 1.29 is 18.0 Å². The molecule has 0 heterocycles. The molecule has 0 aliphatic carbocycles. The molecule has 2 aromatic rings. The molecule has 0 spiro atoms. The molecular weight excluding hydrogens is 486 g/mol. The lowest BCUT2D eigenvalue weighted by Gasteiger charge is -2.32. The number of halogens is 1. The van der Waals surface area contributed by atoms with Crippen LogP contribution in [0.1, 0.15) is 52.2 Å². The molecule has 35 heavy (non-hydrogen) atoms. The maximum absolute atomic E-state index is 13.5. The van der Waals surface area contributed by atoms with Crippen molar-refractivity contribution in [2.24, 2.45) is 0 Å². The average molecular weight is 522 g/mol. The van der Waals surface area contributed by atoms with E-state index in [0.29, 0.717) is 22.8 Å². The zero-order valence-corrected chi connectivity index (χ0v) is 22.9. The normalized spacial score (nSPS) is 12.7. The molecule has 7 nitrogen and oxygen atoms in total. The maximum atomic E-state index is 13.5. The molecule has 0 aliphatic rings. The van der Waals surface area contributed by atoms with Gasteiger partial charge in [0, 0.05) is 18.1 Å². The molecular formula is C26H36ClN3O4S. The standard InChI is InChI=1S/C26H36ClN3O4S/c1-7-16-28-25(32)19(2)29(17-20-10-8-9-11-23(20)27)24(31)18-30(35(6,33)34)22-14-12-21(13-15-22)26(3,4)5/h8-15,19H,7,16-18H2,1-6H3,(H,28,32)/t19-/m0/s1. The van der Waals surface area contributed by atoms with Crippen LogP contribution in [0.15, 0.2) is 48.5 Å². The molecule has 0 fully saturated rings. The number of anilines is 1. The van der Waals surface area contributed by atoms with E-state index >= 15 is 0 Å². The average Bonchev–Trinajstić information content (AvgIpc) is 2.78. The lowest BCUT2D eigenvalue weighted by atomic mass is 9.87. The third-order valence-corrected chi connectivity index (χ3v) is 7.22. The predicted octanol–water partition coefficient (Wildman–Crippen LogP) is 4.35. The van der Waals surface area contributed by atoms with Gasteiger partial charge in [-0.15, -0.1) is 0 Å². The van der Waals surface area contributed by atoms with E-state index in [-0.39, 0.29) is 17.9 Å². The summed E-state index contributed by atoms with van der Waals surface area (Å²) in [6.07, 6.45) is 1.82. The van der Waals surface area contributed by atoms with Gasteiger partial charge in [0.25, 0.3) is 0 Å². The molecule has 1 atom stereocenters. The number of nitrogens with zero attached hydrogens (tertiary/aromatic N) is 2. The fraction of sp³-hybridized carbons (Fsp3) is 0.462. The highest BCUT2D eigenvalue weighted by molar-refractivity contribution is 7.92. The van der Waals surface area contributed by atoms with E-state index in [9.17, 15) is 18.0 Å². The summed E-state index contributed by atoms with van der Waals surface area (Å²) in [7, 11) is -3.78. The summed E-state index contributed by atoms with van der Waals surface area (Å²) >= 11 is 6.32. The van der Waals surface area contributed by atoms with E-state index in [2.05, 4.69) is 26.1 Å². The summed E-state index contributed by atoms with van der Waals surface area (Å²) in [6, 6.07) is 13.4. The van der Waals surface area contributed by atoms with Crippen molar-refractivity contribution in [1.82, 2.24) is 10.2 Å². The minimum atomic E-state index is -3.78. The fourth-order valence-electron chi connectivity index (χ4n) is 3.53. The Bertz CT molecular complexity index is 1130. The first-order chi connectivity index (χ1) is 16.3. The molecule has 192 valence electrons. The zero-order valence-electron chi connectivity index (χ0n) is 21.3. The lowest BCUT2D eigenvalue weighted by Crippen LogP contribution is -2.51. The van der Waals surface area contributed by atoms with E-state index in [4.69, 9.17) is 11.6 Å². The highest BCUT2D eigenvalue weighted by Gasteiger charge is 2.30. The van der Waals surface area contributed by atoms with Crippen LogP contribution >= 0.6 is 11.6 Å². The fourth-order valence-corrected chi connectivity index (χ4v) is 4.58. The van der Waals surface area contributed by atoms with Crippen molar-refractivity contribution in [1.29, 1.82) is 0 Å². The Hall–Kier alpha value is -2.58. The number of carbonyl (C=O) groups excluding carboxylic acids is 2. The van der Waals surface area contributed by atoms with Gasteiger partial charge in [-0.25, -0.2) is 8.42 Å². The molecule has 0 radical (unpaired) electrons. The van der Waals surface area contributed by atoms with Crippen molar-refractivity contribution in [2.45, 2.75) is 59.0 Å². The van der Waals surface area contributed by atoms with Crippen molar-refractivity contribution in [3.63, 3.8) is 0 Å². The molecule has 0 bridgehead atoms. The third-order valence-electron chi connectivity index (χ3n) is 5.72. The number of hydrogen-bond donors (Lipinski definition) is 1. The van der Waals surface area contributed by atoms with Crippen molar-refractivity contribution >= 4 is 39.1 Å². The summed E-state index contributed by atoms with van der Waals surface area (Å²) < 4.78 is 26.4. The molecule has 0 aliphatic heterocycles. The second kappa shape index (κ2) is 11.9. The first-order valence-electron chi connectivity index (χ1n) is 11.6. The summed E-state index contributed by atoms with van der Waals surface area (Å²) in [5.74, 6) is -0.818. The number of hydrogen-bond acceptors (Lipinski definition) is 4. The van der Waals surface area contributed by atoms with Gasteiger partial charge in [-0.2, -0.15) is 0 Å². The number of carbonyl (C=O) groups is 2. The van der Waals surface area contributed by atoms with Crippen LogP contribution in [0.2, 0.25) is 5.02 Å². The second-order valence-corrected chi connectivity index (χ2v) is 12.0. The van der Waals surface area contributed by atoms with Crippen molar-refractivity contribution in [3.05, 3.63) is 64.7 Å². The second-order valence-electron chi connectivity index (χ2n) is 9.65. The number of amides is 2. The van der Waals surface area contributed by atoms with Crippen LogP contribution in [0.25, 0.3) is 0 Å².